The van der Waals surface area contributed by atoms with Crippen molar-refractivity contribution in [3.63, 3.8) is 0 Å². The summed E-state index contributed by atoms with van der Waals surface area (Å²) in [6.45, 7) is 5.42. The van der Waals surface area contributed by atoms with Crippen molar-refractivity contribution in [2.75, 3.05) is 17.1 Å². The zero-order chi connectivity index (χ0) is 18.1. The molecular weight excluding hydrogens is 330 g/mol. The molecule has 1 heterocycles. The van der Waals surface area contributed by atoms with Crippen molar-refractivity contribution in [2.45, 2.75) is 39.3 Å². The lowest BCUT2D eigenvalue weighted by atomic mass is 10.1. The fourth-order valence-electron chi connectivity index (χ4n) is 2.88. The molecule has 132 valence electrons. The van der Waals surface area contributed by atoms with E-state index in [1.807, 2.05) is 20.8 Å². The summed E-state index contributed by atoms with van der Waals surface area (Å²) in [5.74, 6) is -0.612. The van der Waals surface area contributed by atoms with E-state index in [0.717, 1.165) is 5.56 Å². The molecule has 0 aliphatic carbocycles. The van der Waals surface area contributed by atoms with Crippen molar-refractivity contribution in [3.05, 3.63) is 29.3 Å². The van der Waals surface area contributed by atoms with Crippen molar-refractivity contribution in [1.82, 2.24) is 10.6 Å². The maximum Gasteiger partial charge on any atom is 0.251 e. The van der Waals surface area contributed by atoms with Gasteiger partial charge in [-0.1, -0.05) is 0 Å². The number of nitrogens with one attached hydrogen (secondary N) is 2. The first kappa shape index (κ1) is 18.3. The second-order valence-electron chi connectivity index (χ2n) is 6.36. The van der Waals surface area contributed by atoms with E-state index in [2.05, 4.69) is 10.6 Å². The number of carbonyl (C=O) groups is 2. The summed E-state index contributed by atoms with van der Waals surface area (Å²) in [5, 5.41) is 5.26. The maximum atomic E-state index is 12.2. The zero-order valence-corrected chi connectivity index (χ0v) is 15.1. The van der Waals surface area contributed by atoms with Crippen LogP contribution in [0.15, 0.2) is 18.2 Å². The lowest BCUT2D eigenvalue weighted by Gasteiger charge is -2.21. The molecule has 2 rings (SSSR count). The van der Waals surface area contributed by atoms with E-state index in [1.54, 1.807) is 18.2 Å². The van der Waals surface area contributed by atoms with Crippen molar-refractivity contribution in [3.8, 4) is 0 Å². The van der Waals surface area contributed by atoms with Gasteiger partial charge in [0.05, 0.1) is 18.5 Å². The quantitative estimate of drug-likeness (QED) is 0.812. The minimum absolute atomic E-state index is 0.0119. The fourth-order valence-corrected chi connectivity index (χ4v) is 4.15. The summed E-state index contributed by atoms with van der Waals surface area (Å²) in [4.78, 5) is 23.7. The van der Waals surface area contributed by atoms with Crippen LogP contribution in [0.3, 0.4) is 0 Å². The molecule has 2 N–H and O–H groups in total. The molecule has 0 saturated carbocycles. The minimum Gasteiger partial charge on any atom is -0.352 e. The average molecular weight is 353 g/mol. The molecule has 8 heteroatoms. The van der Waals surface area contributed by atoms with Gasteiger partial charge in [0.2, 0.25) is 15.9 Å². The van der Waals surface area contributed by atoms with E-state index in [-0.39, 0.29) is 30.4 Å². The van der Waals surface area contributed by atoms with Gasteiger partial charge in [0.15, 0.2) is 0 Å². The lowest BCUT2D eigenvalue weighted by Crippen LogP contribution is -2.39. The van der Waals surface area contributed by atoms with Crippen LogP contribution in [0, 0.1) is 0 Å². The van der Waals surface area contributed by atoms with Crippen molar-refractivity contribution >= 4 is 27.5 Å². The maximum absolute atomic E-state index is 12.2. The standard InChI is InChI=1S/C16H23N3O4S/c1-10(2)18-15(20)9-17-16(21)12-5-6-14-13(8-12)7-11(3)19(14)24(4,22)23/h5-6,8,10-11H,7,9H2,1-4H3,(H,17,21)(H,18,20)/t11-/m0/s1. The number of nitrogens with zero attached hydrogens (tertiary/aromatic N) is 1. The first-order valence-corrected chi connectivity index (χ1v) is 9.64. The second kappa shape index (κ2) is 6.80. The molecule has 1 atom stereocenters. The van der Waals surface area contributed by atoms with Crippen molar-refractivity contribution in [1.29, 1.82) is 0 Å². The Kier molecular flexibility index (Phi) is 5.17. The van der Waals surface area contributed by atoms with Crippen molar-refractivity contribution < 1.29 is 18.0 Å². The summed E-state index contributed by atoms with van der Waals surface area (Å²) >= 11 is 0. The van der Waals surface area contributed by atoms with E-state index < -0.39 is 10.0 Å². The molecule has 0 radical (unpaired) electrons. The molecule has 1 aromatic carbocycles. The van der Waals surface area contributed by atoms with Crippen LogP contribution in [0.25, 0.3) is 0 Å². The number of hydrogen-bond donors (Lipinski definition) is 2. The van der Waals surface area contributed by atoms with Crippen LogP contribution in [0.5, 0.6) is 0 Å². The topological polar surface area (TPSA) is 95.6 Å². The van der Waals surface area contributed by atoms with Gasteiger partial charge in [-0.05, 0) is 51.0 Å². The van der Waals surface area contributed by atoms with Crippen LogP contribution in [0.1, 0.15) is 36.7 Å². The minimum atomic E-state index is -3.35. The highest BCUT2D eigenvalue weighted by molar-refractivity contribution is 7.92. The van der Waals surface area contributed by atoms with Gasteiger partial charge in [-0.15, -0.1) is 0 Å². The number of benzene rings is 1. The largest absolute Gasteiger partial charge is 0.352 e. The van der Waals surface area contributed by atoms with Gasteiger partial charge in [0.1, 0.15) is 0 Å². The Morgan fingerprint density at radius 3 is 2.58 bits per heavy atom. The smallest absolute Gasteiger partial charge is 0.251 e. The van der Waals surface area contributed by atoms with Crippen LogP contribution in [0.2, 0.25) is 0 Å². The second-order valence-corrected chi connectivity index (χ2v) is 8.22. The average Bonchev–Trinajstić information content (AvgIpc) is 2.78. The first-order chi connectivity index (χ1) is 11.1. The highest BCUT2D eigenvalue weighted by atomic mass is 32.2. The highest BCUT2D eigenvalue weighted by Crippen LogP contribution is 2.34. The predicted molar refractivity (Wildman–Crippen MR) is 92.5 cm³/mol. The fraction of sp³-hybridized carbons (Fsp3) is 0.500. The Bertz CT molecular complexity index is 759. The number of fused-ring (bicyclic) bond motifs is 1. The molecule has 1 aliphatic heterocycles. The van der Waals surface area contributed by atoms with E-state index >= 15 is 0 Å². The van der Waals surface area contributed by atoms with Crippen LogP contribution in [0.4, 0.5) is 5.69 Å². The molecule has 0 bridgehead atoms. The molecule has 1 aromatic rings. The zero-order valence-electron chi connectivity index (χ0n) is 14.3. The molecule has 7 nitrogen and oxygen atoms in total. The van der Waals surface area contributed by atoms with Gasteiger partial charge in [0.25, 0.3) is 5.91 Å². The molecule has 0 aromatic heterocycles. The Labute approximate surface area is 142 Å². The predicted octanol–water partition coefficient (Wildman–Crippen LogP) is 0.652. The molecular formula is C16H23N3O4S. The Balaban J connectivity index is 2.11. The van der Waals surface area contributed by atoms with Gasteiger partial charge < -0.3 is 10.6 Å². The number of carbonyl (C=O) groups excluding carboxylic acids is 2. The number of anilines is 1. The Morgan fingerprint density at radius 1 is 1.33 bits per heavy atom. The van der Waals surface area contributed by atoms with Gasteiger partial charge in [0, 0.05) is 17.6 Å². The normalized spacial score (nSPS) is 16.9. The third-order valence-electron chi connectivity index (χ3n) is 3.71. The van der Waals surface area contributed by atoms with Gasteiger partial charge in [-0.25, -0.2) is 8.42 Å². The third kappa shape index (κ3) is 4.05. The monoisotopic (exact) mass is 353 g/mol. The molecule has 0 unspecified atom stereocenters. The van der Waals surface area contributed by atoms with E-state index in [0.29, 0.717) is 17.7 Å². The van der Waals surface area contributed by atoms with Crippen LogP contribution in [-0.2, 0) is 21.2 Å². The molecule has 1 aliphatic rings. The van der Waals surface area contributed by atoms with Crippen LogP contribution >= 0.6 is 0 Å². The number of amides is 2. The summed E-state index contributed by atoms with van der Waals surface area (Å²) < 4.78 is 25.2. The number of hydrogen-bond acceptors (Lipinski definition) is 4. The van der Waals surface area contributed by atoms with E-state index in [4.69, 9.17) is 0 Å². The van der Waals surface area contributed by atoms with Crippen LogP contribution in [-0.4, -0.2) is 45.1 Å². The SMILES string of the molecule is CC(C)NC(=O)CNC(=O)c1ccc2c(c1)C[C@H](C)N2S(C)(=O)=O. The van der Waals surface area contributed by atoms with E-state index in [1.165, 1.54) is 10.6 Å². The summed E-state index contributed by atoms with van der Waals surface area (Å²) in [7, 11) is -3.35. The molecule has 24 heavy (non-hydrogen) atoms. The molecule has 0 spiro atoms. The summed E-state index contributed by atoms with van der Waals surface area (Å²) in [5.41, 5.74) is 1.83. The summed E-state index contributed by atoms with van der Waals surface area (Å²) in [6.07, 6.45) is 1.73. The van der Waals surface area contributed by atoms with Gasteiger partial charge >= 0.3 is 0 Å². The van der Waals surface area contributed by atoms with Crippen LogP contribution < -0.4 is 14.9 Å². The Morgan fingerprint density at radius 2 is 2.00 bits per heavy atom. The summed E-state index contributed by atoms with van der Waals surface area (Å²) in [6, 6.07) is 4.74. The molecule has 0 fully saturated rings. The third-order valence-corrected chi connectivity index (χ3v) is 4.98. The number of sulfonamides is 1. The number of rotatable bonds is 5. The Hall–Kier alpha value is -2.09. The molecule has 0 saturated heterocycles. The lowest BCUT2D eigenvalue weighted by molar-refractivity contribution is -0.120. The molecule has 2 amide bonds. The highest BCUT2D eigenvalue weighted by Gasteiger charge is 2.32. The first-order valence-electron chi connectivity index (χ1n) is 7.79. The van der Waals surface area contributed by atoms with Gasteiger partial charge in [-0.2, -0.15) is 0 Å². The van der Waals surface area contributed by atoms with E-state index in [9.17, 15) is 18.0 Å². The van der Waals surface area contributed by atoms with Crippen molar-refractivity contribution in [2.24, 2.45) is 0 Å². The van der Waals surface area contributed by atoms with Gasteiger partial charge in [-0.3, -0.25) is 13.9 Å².